The number of hydrogen-bond acceptors (Lipinski definition) is 2. The third-order valence-electron chi connectivity index (χ3n) is 2.94. The summed E-state index contributed by atoms with van der Waals surface area (Å²) in [6.07, 6.45) is 2.18. The highest BCUT2D eigenvalue weighted by molar-refractivity contribution is 5.26. The minimum absolute atomic E-state index is 0.0253. The lowest BCUT2D eigenvalue weighted by molar-refractivity contribution is 0.265. The molecule has 70 valence electrons. The van der Waals surface area contributed by atoms with E-state index in [9.17, 15) is 4.39 Å². The molecule has 0 aromatic carbocycles. The van der Waals surface area contributed by atoms with Crippen molar-refractivity contribution in [3.63, 3.8) is 0 Å². The predicted molar refractivity (Wildman–Crippen MR) is 46.7 cm³/mol. The highest BCUT2D eigenvalue weighted by Crippen LogP contribution is 2.52. The molecule has 1 fully saturated rings. The molecule has 2 atom stereocenters. The Balaban J connectivity index is 2.23. The second kappa shape index (κ2) is 2.77. The molecule has 0 amide bonds. The van der Waals surface area contributed by atoms with Crippen LogP contribution >= 0.6 is 0 Å². The SMILES string of the molecule is CC1(c2ccc(F)cn2)CC1CO. The van der Waals surface area contributed by atoms with Crippen LogP contribution in [-0.2, 0) is 5.41 Å². The summed E-state index contributed by atoms with van der Waals surface area (Å²) in [7, 11) is 0. The highest BCUT2D eigenvalue weighted by atomic mass is 19.1. The zero-order valence-electron chi connectivity index (χ0n) is 7.50. The Kier molecular flexibility index (Phi) is 1.84. The first-order valence-electron chi connectivity index (χ1n) is 4.40. The Labute approximate surface area is 76.4 Å². The van der Waals surface area contributed by atoms with Crippen LogP contribution in [0.4, 0.5) is 4.39 Å². The summed E-state index contributed by atoms with van der Waals surface area (Å²) in [5.41, 5.74) is 0.857. The zero-order chi connectivity index (χ0) is 9.47. The fourth-order valence-electron chi connectivity index (χ4n) is 1.75. The molecule has 0 bridgehead atoms. The normalized spacial score (nSPS) is 31.8. The second-order valence-corrected chi connectivity index (χ2v) is 3.86. The molecular formula is C10H12FNO. The molecule has 0 aliphatic heterocycles. The van der Waals surface area contributed by atoms with Gasteiger partial charge >= 0.3 is 0 Å². The second-order valence-electron chi connectivity index (χ2n) is 3.86. The van der Waals surface area contributed by atoms with E-state index < -0.39 is 0 Å². The van der Waals surface area contributed by atoms with E-state index in [2.05, 4.69) is 4.98 Å². The van der Waals surface area contributed by atoms with Gasteiger partial charge in [0.2, 0.25) is 0 Å². The van der Waals surface area contributed by atoms with E-state index in [1.54, 1.807) is 6.07 Å². The van der Waals surface area contributed by atoms with Gasteiger partial charge in [-0.25, -0.2) is 4.39 Å². The van der Waals surface area contributed by atoms with Gasteiger partial charge in [0.05, 0.1) is 6.20 Å². The predicted octanol–water partition coefficient (Wildman–Crippen LogP) is 1.49. The van der Waals surface area contributed by atoms with E-state index >= 15 is 0 Å². The fraction of sp³-hybridized carbons (Fsp3) is 0.500. The molecule has 2 unspecified atom stereocenters. The van der Waals surface area contributed by atoms with Crippen LogP contribution in [0, 0.1) is 11.7 Å². The Bertz CT molecular complexity index is 311. The van der Waals surface area contributed by atoms with Gasteiger partial charge in [0.25, 0.3) is 0 Å². The molecule has 0 spiro atoms. The number of nitrogens with zero attached hydrogens (tertiary/aromatic N) is 1. The van der Waals surface area contributed by atoms with Crippen molar-refractivity contribution < 1.29 is 9.50 Å². The van der Waals surface area contributed by atoms with Crippen LogP contribution < -0.4 is 0 Å². The molecule has 1 aliphatic rings. The van der Waals surface area contributed by atoms with Crippen molar-refractivity contribution >= 4 is 0 Å². The zero-order valence-corrected chi connectivity index (χ0v) is 7.50. The molecule has 13 heavy (non-hydrogen) atoms. The summed E-state index contributed by atoms with van der Waals surface area (Å²) in [6, 6.07) is 3.12. The maximum absolute atomic E-state index is 12.6. The third-order valence-corrected chi connectivity index (χ3v) is 2.94. The van der Waals surface area contributed by atoms with Crippen molar-refractivity contribution in [3.05, 3.63) is 29.8 Å². The molecule has 0 radical (unpaired) electrons. The molecule has 3 heteroatoms. The summed E-state index contributed by atoms with van der Waals surface area (Å²) < 4.78 is 12.6. The molecule has 1 aromatic rings. The van der Waals surface area contributed by atoms with Gasteiger partial charge in [-0.2, -0.15) is 0 Å². The molecule has 2 nitrogen and oxygen atoms in total. The number of halogens is 1. The lowest BCUT2D eigenvalue weighted by atomic mass is 10.0. The largest absolute Gasteiger partial charge is 0.396 e. The van der Waals surface area contributed by atoms with E-state index in [1.165, 1.54) is 12.3 Å². The van der Waals surface area contributed by atoms with Gasteiger partial charge in [0, 0.05) is 17.7 Å². The van der Waals surface area contributed by atoms with Crippen LogP contribution in [0.2, 0.25) is 0 Å². The number of aliphatic hydroxyl groups is 1. The van der Waals surface area contributed by atoms with Crippen LogP contribution in [0.15, 0.2) is 18.3 Å². The van der Waals surface area contributed by atoms with Crippen molar-refractivity contribution in [1.82, 2.24) is 4.98 Å². The molecule has 1 saturated carbocycles. The lowest BCUT2D eigenvalue weighted by Crippen LogP contribution is -2.08. The van der Waals surface area contributed by atoms with Crippen molar-refractivity contribution in [1.29, 1.82) is 0 Å². The van der Waals surface area contributed by atoms with E-state index in [0.717, 1.165) is 12.1 Å². The topological polar surface area (TPSA) is 33.1 Å². The smallest absolute Gasteiger partial charge is 0.141 e. The summed E-state index contributed by atoms with van der Waals surface area (Å²) in [4.78, 5) is 4.02. The van der Waals surface area contributed by atoms with Crippen LogP contribution in [0.3, 0.4) is 0 Å². The van der Waals surface area contributed by atoms with Gasteiger partial charge in [0.1, 0.15) is 5.82 Å². The van der Waals surface area contributed by atoms with Crippen LogP contribution in [-0.4, -0.2) is 16.7 Å². The van der Waals surface area contributed by atoms with Crippen molar-refractivity contribution in [2.75, 3.05) is 6.61 Å². The summed E-state index contributed by atoms with van der Waals surface area (Å²) in [6.45, 7) is 2.24. The number of aliphatic hydroxyl groups excluding tert-OH is 1. The van der Waals surface area contributed by atoms with Crippen molar-refractivity contribution in [2.45, 2.75) is 18.8 Å². The maximum atomic E-state index is 12.6. The average Bonchev–Trinajstić information content (AvgIpc) is 2.80. The standard InChI is InChI=1S/C10H12FNO/c1-10(4-7(10)6-13)9-3-2-8(11)5-12-9/h2-3,5,7,13H,4,6H2,1H3. The molecule has 1 heterocycles. The van der Waals surface area contributed by atoms with Gasteiger partial charge in [-0.3, -0.25) is 4.98 Å². The molecule has 1 N–H and O–H groups in total. The first kappa shape index (κ1) is 8.63. The number of aromatic nitrogens is 1. The monoisotopic (exact) mass is 181 g/mol. The first-order valence-corrected chi connectivity index (χ1v) is 4.40. The first-order chi connectivity index (χ1) is 6.16. The minimum atomic E-state index is -0.312. The fourth-order valence-corrected chi connectivity index (χ4v) is 1.75. The third kappa shape index (κ3) is 1.33. The Hall–Kier alpha value is -0.960. The van der Waals surface area contributed by atoms with E-state index in [0.29, 0.717) is 5.92 Å². The van der Waals surface area contributed by atoms with Gasteiger partial charge < -0.3 is 5.11 Å². The van der Waals surface area contributed by atoms with Crippen LogP contribution in [0.25, 0.3) is 0 Å². The number of rotatable bonds is 2. The Morgan fingerprint density at radius 1 is 1.69 bits per heavy atom. The van der Waals surface area contributed by atoms with Crippen LogP contribution in [0.5, 0.6) is 0 Å². The Morgan fingerprint density at radius 2 is 2.46 bits per heavy atom. The molecule has 0 saturated heterocycles. The van der Waals surface area contributed by atoms with Crippen molar-refractivity contribution in [2.24, 2.45) is 5.92 Å². The molecular weight excluding hydrogens is 169 g/mol. The average molecular weight is 181 g/mol. The number of pyridine rings is 1. The van der Waals surface area contributed by atoms with Gasteiger partial charge in [-0.1, -0.05) is 6.92 Å². The van der Waals surface area contributed by atoms with Crippen molar-refractivity contribution in [3.8, 4) is 0 Å². The minimum Gasteiger partial charge on any atom is -0.396 e. The molecule has 1 aliphatic carbocycles. The van der Waals surface area contributed by atoms with E-state index in [4.69, 9.17) is 5.11 Å². The van der Waals surface area contributed by atoms with Gasteiger partial charge in [-0.05, 0) is 24.5 Å². The van der Waals surface area contributed by atoms with E-state index in [1.807, 2.05) is 6.92 Å². The molecule has 2 rings (SSSR count). The number of hydrogen-bond donors (Lipinski definition) is 1. The van der Waals surface area contributed by atoms with Gasteiger partial charge in [-0.15, -0.1) is 0 Å². The lowest BCUT2D eigenvalue weighted by Gasteiger charge is -2.08. The Morgan fingerprint density at radius 3 is 2.92 bits per heavy atom. The highest BCUT2D eigenvalue weighted by Gasteiger charge is 2.51. The van der Waals surface area contributed by atoms with E-state index in [-0.39, 0.29) is 17.8 Å². The van der Waals surface area contributed by atoms with Crippen LogP contribution in [0.1, 0.15) is 19.0 Å². The maximum Gasteiger partial charge on any atom is 0.141 e. The summed E-state index contributed by atoms with van der Waals surface area (Å²) >= 11 is 0. The quantitative estimate of drug-likeness (QED) is 0.749. The summed E-state index contributed by atoms with van der Waals surface area (Å²) in [5.74, 6) is -0.0148. The molecule has 1 aromatic heterocycles. The summed E-state index contributed by atoms with van der Waals surface area (Å²) in [5, 5.41) is 8.96. The van der Waals surface area contributed by atoms with Gasteiger partial charge in [0.15, 0.2) is 0 Å².